The average molecular weight is 555 g/mol. The van der Waals surface area contributed by atoms with E-state index in [-0.39, 0.29) is 17.2 Å². The van der Waals surface area contributed by atoms with Crippen LogP contribution >= 0.6 is 0 Å². The molecule has 0 atom stereocenters. The van der Waals surface area contributed by atoms with Crippen molar-refractivity contribution in [3.8, 4) is 17.1 Å². The topological polar surface area (TPSA) is 133 Å². The number of nitrogens with one attached hydrogen (secondary N) is 1. The van der Waals surface area contributed by atoms with Gasteiger partial charge in [0.15, 0.2) is 5.82 Å². The van der Waals surface area contributed by atoms with Crippen LogP contribution in [0.1, 0.15) is 62.0 Å². The molecule has 1 aliphatic rings. The second kappa shape index (κ2) is 9.88. The van der Waals surface area contributed by atoms with Crippen LogP contribution in [0, 0.1) is 19.7 Å². The van der Waals surface area contributed by atoms with Crippen molar-refractivity contribution in [3.05, 3.63) is 99.9 Å². The molecular weight excluding hydrogens is 527 g/mol. The van der Waals surface area contributed by atoms with Crippen molar-refractivity contribution in [1.29, 1.82) is 0 Å². The first kappa shape index (κ1) is 26.2. The first-order valence-electron chi connectivity index (χ1n) is 13.1. The quantitative estimate of drug-likeness (QED) is 0.264. The number of nitrogens with zero attached hydrogens (tertiary/aromatic N) is 2. The Bertz CT molecular complexity index is 1820. The number of carbonyl (C=O) groups is 2. The van der Waals surface area contributed by atoms with E-state index in [1.807, 2.05) is 31.2 Å². The van der Waals surface area contributed by atoms with E-state index in [4.69, 9.17) is 19.4 Å². The molecule has 2 heterocycles. The predicted molar refractivity (Wildman–Crippen MR) is 148 cm³/mol. The van der Waals surface area contributed by atoms with Gasteiger partial charge in [0.1, 0.15) is 28.4 Å². The van der Waals surface area contributed by atoms with Crippen molar-refractivity contribution in [2.75, 3.05) is 7.11 Å². The van der Waals surface area contributed by atoms with Crippen LogP contribution in [0.4, 0.5) is 4.39 Å². The highest BCUT2D eigenvalue weighted by molar-refractivity contribution is 6.10. The van der Waals surface area contributed by atoms with Gasteiger partial charge in [0.05, 0.1) is 18.2 Å². The monoisotopic (exact) mass is 554 g/mol. The fourth-order valence-electron chi connectivity index (χ4n) is 5.09. The van der Waals surface area contributed by atoms with Crippen LogP contribution in [0.25, 0.3) is 22.3 Å². The molecule has 1 aliphatic carbocycles. The number of nitrogens with two attached hydrogens (primary N) is 1. The highest BCUT2D eigenvalue weighted by atomic mass is 19.1. The van der Waals surface area contributed by atoms with Crippen LogP contribution < -0.4 is 15.8 Å². The number of rotatable bonds is 8. The van der Waals surface area contributed by atoms with E-state index in [0.29, 0.717) is 58.8 Å². The van der Waals surface area contributed by atoms with E-state index in [0.717, 1.165) is 16.7 Å². The van der Waals surface area contributed by atoms with Crippen molar-refractivity contribution in [2.45, 2.75) is 38.6 Å². The van der Waals surface area contributed by atoms with E-state index < -0.39 is 17.3 Å². The van der Waals surface area contributed by atoms with Crippen LogP contribution in [0.3, 0.4) is 0 Å². The Morgan fingerprint density at radius 2 is 1.85 bits per heavy atom. The number of fused-ring (bicyclic) bond motifs is 1. The number of primary amides is 1. The van der Waals surface area contributed by atoms with Crippen molar-refractivity contribution >= 4 is 22.8 Å². The summed E-state index contributed by atoms with van der Waals surface area (Å²) in [5.41, 5.74) is 9.47. The summed E-state index contributed by atoms with van der Waals surface area (Å²) >= 11 is 0. The molecule has 0 spiro atoms. The molecule has 10 heteroatoms. The number of aryl methyl sites for hydroxylation is 2. The third-order valence-electron chi connectivity index (χ3n) is 7.46. The Hall–Kier alpha value is -4.99. The Labute approximate surface area is 234 Å². The van der Waals surface area contributed by atoms with E-state index >= 15 is 0 Å². The zero-order valence-corrected chi connectivity index (χ0v) is 22.7. The number of hydrogen-bond acceptors (Lipinski definition) is 7. The summed E-state index contributed by atoms with van der Waals surface area (Å²) in [6.45, 7) is 3.66. The lowest BCUT2D eigenvalue weighted by atomic mass is 9.95. The predicted octanol–water partition coefficient (Wildman–Crippen LogP) is 5.36. The zero-order valence-electron chi connectivity index (χ0n) is 22.7. The smallest absolute Gasteiger partial charge is 0.255 e. The molecule has 3 N–H and O–H groups in total. The van der Waals surface area contributed by atoms with Gasteiger partial charge in [-0.3, -0.25) is 9.59 Å². The van der Waals surface area contributed by atoms with Crippen LogP contribution in [0.2, 0.25) is 0 Å². The molecule has 0 radical (unpaired) electrons. The highest BCUT2D eigenvalue weighted by Crippen LogP contribution is 2.44. The number of ether oxygens (including phenoxy) is 1. The molecule has 9 nitrogen and oxygen atoms in total. The molecule has 0 bridgehead atoms. The maximum atomic E-state index is 13.5. The average Bonchev–Trinajstić information content (AvgIpc) is 3.41. The molecular formula is C31H27FN4O5. The lowest BCUT2D eigenvalue weighted by molar-refractivity contribution is 0.0924. The summed E-state index contributed by atoms with van der Waals surface area (Å²) in [5.74, 6) is 0.304. The molecule has 3 aromatic carbocycles. The largest absolute Gasteiger partial charge is 0.496 e. The van der Waals surface area contributed by atoms with Gasteiger partial charge in [-0.25, -0.2) is 4.39 Å². The van der Waals surface area contributed by atoms with Crippen molar-refractivity contribution < 1.29 is 27.7 Å². The minimum atomic E-state index is -0.648. The molecule has 1 saturated carbocycles. The first-order valence-corrected chi connectivity index (χ1v) is 13.1. The number of hydrogen-bond donors (Lipinski definition) is 2. The number of amides is 2. The molecule has 0 saturated heterocycles. The molecule has 208 valence electrons. The SMILES string of the molecule is COc1cc(C)c(Cc2ccc3oc(-c4ccc(F)cc4)c(C(N)=O)c3c2)cc1C(=O)NC1(c2noc(C)n2)CC1. The van der Waals surface area contributed by atoms with E-state index in [2.05, 4.69) is 15.5 Å². The zero-order chi connectivity index (χ0) is 28.9. The summed E-state index contributed by atoms with van der Waals surface area (Å²) in [6, 6.07) is 14.9. The maximum Gasteiger partial charge on any atom is 0.255 e. The number of furan rings is 1. The molecule has 5 aromatic rings. The molecule has 1 fully saturated rings. The third-order valence-corrected chi connectivity index (χ3v) is 7.46. The number of methoxy groups -OCH3 is 1. The molecule has 2 amide bonds. The number of halogens is 1. The summed E-state index contributed by atoms with van der Waals surface area (Å²) in [5, 5.41) is 7.64. The third kappa shape index (κ3) is 4.82. The van der Waals surface area contributed by atoms with Gasteiger partial charge in [-0.2, -0.15) is 4.98 Å². The van der Waals surface area contributed by atoms with Gasteiger partial charge in [-0.05, 0) is 91.4 Å². The molecule has 0 aliphatic heterocycles. The van der Waals surface area contributed by atoms with Crippen LogP contribution in [-0.2, 0) is 12.0 Å². The van der Waals surface area contributed by atoms with Gasteiger partial charge in [-0.1, -0.05) is 11.2 Å². The normalized spacial score (nSPS) is 13.8. The Kier molecular flexibility index (Phi) is 6.33. The van der Waals surface area contributed by atoms with E-state index in [1.165, 1.54) is 19.2 Å². The van der Waals surface area contributed by atoms with Crippen LogP contribution in [-0.4, -0.2) is 29.1 Å². The fourth-order valence-corrected chi connectivity index (χ4v) is 5.09. The van der Waals surface area contributed by atoms with Gasteiger partial charge >= 0.3 is 0 Å². The van der Waals surface area contributed by atoms with Gasteiger partial charge in [0.2, 0.25) is 5.89 Å². The Morgan fingerprint density at radius 1 is 1.10 bits per heavy atom. The molecule has 0 unspecified atom stereocenters. The molecule has 41 heavy (non-hydrogen) atoms. The van der Waals surface area contributed by atoms with Gasteiger partial charge in [-0.15, -0.1) is 0 Å². The first-order chi connectivity index (χ1) is 19.7. The Morgan fingerprint density at radius 3 is 2.49 bits per heavy atom. The highest BCUT2D eigenvalue weighted by Gasteiger charge is 2.50. The lowest BCUT2D eigenvalue weighted by Crippen LogP contribution is -2.36. The van der Waals surface area contributed by atoms with E-state index in [1.54, 1.807) is 25.1 Å². The summed E-state index contributed by atoms with van der Waals surface area (Å²) in [4.78, 5) is 30.3. The van der Waals surface area contributed by atoms with Crippen LogP contribution in [0.5, 0.6) is 5.75 Å². The number of benzene rings is 3. The van der Waals surface area contributed by atoms with Gasteiger partial charge in [0, 0.05) is 17.9 Å². The van der Waals surface area contributed by atoms with Crippen molar-refractivity contribution in [1.82, 2.24) is 15.5 Å². The minimum Gasteiger partial charge on any atom is -0.496 e. The van der Waals surface area contributed by atoms with Gasteiger partial charge < -0.3 is 24.7 Å². The van der Waals surface area contributed by atoms with Crippen LogP contribution in [0.15, 0.2) is 63.5 Å². The minimum absolute atomic E-state index is 0.228. The van der Waals surface area contributed by atoms with Crippen molar-refractivity contribution in [2.24, 2.45) is 5.73 Å². The standard InChI is InChI=1S/C31H27FN4O5/c1-16-12-25(39-3)23(29(38)35-31(10-11-31)30-34-17(2)41-36-30)15-20(16)13-18-4-9-24-22(14-18)26(28(33)37)27(40-24)19-5-7-21(32)8-6-19/h4-9,12,14-15H,10-11,13H2,1-3H3,(H2,33,37)(H,35,38). The van der Waals surface area contributed by atoms with Crippen molar-refractivity contribution in [3.63, 3.8) is 0 Å². The summed E-state index contributed by atoms with van der Waals surface area (Å²) in [6.07, 6.45) is 1.90. The summed E-state index contributed by atoms with van der Waals surface area (Å²) < 4.78 is 30.1. The van der Waals surface area contributed by atoms with Gasteiger partial charge in [0.25, 0.3) is 11.8 Å². The fraction of sp³-hybridized carbons (Fsp3) is 0.226. The second-order valence-corrected chi connectivity index (χ2v) is 10.3. The Balaban J connectivity index is 1.33. The summed E-state index contributed by atoms with van der Waals surface area (Å²) in [7, 11) is 1.53. The maximum absolute atomic E-state index is 13.5. The lowest BCUT2D eigenvalue weighted by Gasteiger charge is -2.17. The number of aromatic nitrogens is 2. The molecule has 2 aromatic heterocycles. The second-order valence-electron chi connectivity index (χ2n) is 10.3. The van der Waals surface area contributed by atoms with E-state index in [9.17, 15) is 14.0 Å². The molecule has 6 rings (SSSR count). The number of carbonyl (C=O) groups excluding carboxylic acids is 2.